The van der Waals surface area contributed by atoms with E-state index in [1.165, 1.54) is 0 Å². The molecule has 8 nitrogen and oxygen atoms in total. The van der Waals surface area contributed by atoms with Crippen LogP contribution in [0, 0.1) is 11.3 Å². The van der Waals surface area contributed by atoms with Crippen LogP contribution >= 0.6 is 0 Å². The van der Waals surface area contributed by atoms with Gasteiger partial charge in [0.05, 0.1) is 0 Å². The smallest absolute Gasteiger partial charge is 0.325 e. The second-order valence-corrected chi connectivity index (χ2v) is 9.90. The molecular formula is C25H36N4O4. The highest BCUT2D eigenvalue weighted by Crippen LogP contribution is 2.45. The second kappa shape index (κ2) is 9.93. The van der Waals surface area contributed by atoms with Crippen molar-refractivity contribution in [2.24, 2.45) is 11.3 Å². The number of carbonyl (C=O) groups is 4. The molecule has 180 valence electrons. The van der Waals surface area contributed by atoms with E-state index in [2.05, 4.69) is 36.7 Å². The van der Waals surface area contributed by atoms with Crippen molar-refractivity contribution in [2.75, 3.05) is 18.4 Å². The number of amides is 5. The Kier molecular flexibility index (Phi) is 7.44. The van der Waals surface area contributed by atoms with Crippen LogP contribution in [0.5, 0.6) is 0 Å². The van der Waals surface area contributed by atoms with Crippen molar-refractivity contribution >= 4 is 29.4 Å². The first-order valence-electron chi connectivity index (χ1n) is 11.9. The highest BCUT2D eigenvalue weighted by molar-refractivity contribution is 6.10. The lowest BCUT2D eigenvalue weighted by molar-refractivity contribution is -0.135. The molecule has 1 aromatic rings. The van der Waals surface area contributed by atoms with Gasteiger partial charge in [-0.3, -0.25) is 19.3 Å². The number of hydrogen-bond acceptors (Lipinski definition) is 4. The minimum atomic E-state index is -0.884. The third kappa shape index (κ3) is 5.37. The van der Waals surface area contributed by atoms with Crippen molar-refractivity contribution in [3.05, 3.63) is 29.8 Å². The number of hydrogen-bond donors (Lipinski definition) is 3. The Balaban J connectivity index is 1.57. The second-order valence-electron chi connectivity index (χ2n) is 9.90. The first kappa shape index (κ1) is 24.7. The fraction of sp³-hybridized carbons (Fsp3) is 0.600. The molecule has 5 amide bonds. The van der Waals surface area contributed by atoms with Crippen LogP contribution in [-0.4, -0.2) is 47.3 Å². The van der Waals surface area contributed by atoms with E-state index in [0.29, 0.717) is 36.6 Å². The summed E-state index contributed by atoms with van der Waals surface area (Å²) in [6.45, 7) is 8.93. The number of nitrogens with one attached hydrogen (secondary N) is 3. The fourth-order valence-corrected chi connectivity index (χ4v) is 4.73. The normalized spacial score (nSPS) is 22.9. The van der Waals surface area contributed by atoms with Crippen LogP contribution in [-0.2, 0) is 9.59 Å². The summed E-state index contributed by atoms with van der Waals surface area (Å²) in [5.74, 6) is -0.420. The van der Waals surface area contributed by atoms with Gasteiger partial charge in [0, 0.05) is 17.8 Å². The summed E-state index contributed by atoms with van der Waals surface area (Å²) in [5.41, 5.74) is 0.319. The Morgan fingerprint density at radius 1 is 1.12 bits per heavy atom. The summed E-state index contributed by atoms with van der Waals surface area (Å²) < 4.78 is 0. The molecule has 33 heavy (non-hydrogen) atoms. The van der Waals surface area contributed by atoms with Crippen LogP contribution in [0.15, 0.2) is 24.3 Å². The molecule has 2 fully saturated rings. The van der Waals surface area contributed by atoms with Gasteiger partial charge >= 0.3 is 6.03 Å². The number of imide groups is 1. The van der Waals surface area contributed by atoms with Crippen molar-refractivity contribution in [3.63, 3.8) is 0 Å². The molecule has 0 bridgehead atoms. The Morgan fingerprint density at radius 3 is 2.33 bits per heavy atom. The summed E-state index contributed by atoms with van der Waals surface area (Å²) >= 11 is 0. The third-order valence-corrected chi connectivity index (χ3v) is 7.37. The topological polar surface area (TPSA) is 108 Å². The summed E-state index contributed by atoms with van der Waals surface area (Å²) in [5, 5.41) is 8.37. The average Bonchev–Trinajstić information content (AvgIpc) is 3.02. The Hall–Kier alpha value is -2.90. The van der Waals surface area contributed by atoms with Gasteiger partial charge in [0.2, 0.25) is 5.91 Å². The Bertz CT molecular complexity index is 901. The van der Waals surface area contributed by atoms with Gasteiger partial charge in [-0.1, -0.05) is 34.1 Å². The number of anilines is 1. The number of nitrogens with zero attached hydrogens (tertiary/aromatic N) is 1. The molecule has 1 aliphatic heterocycles. The predicted octanol–water partition coefficient (Wildman–Crippen LogP) is 3.68. The number of urea groups is 1. The highest BCUT2D eigenvalue weighted by atomic mass is 16.2. The van der Waals surface area contributed by atoms with Crippen molar-refractivity contribution in [2.45, 2.75) is 71.8 Å². The first-order chi connectivity index (χ1) is 15.6. The van der Waals surface area contributed by atoms with Crippen molar-refractivity contribution < 1.29 is 19.2 Å². The maximum absolute atomic E-state index is 13.1. The molecule has 1 aromatic carbocycles. The summed E-state index contributed by atoms with van der Waals surface area (Å²) in [7, 11) is 0. The van der Waals surface area contributed by atoms with Crippen LogP contribution in [0.2, 0.25) is 0 Å². The van der Waals surface area contributed by atoms with E-state index in [0.717, 1.165) is 30.6 Å². The van der Waals surface area contributed by atoms with Crippen LogP contribution in [0.4, 0.5) is 10.5 Å². The van der Waals surface area contributed by atoms with Gasteiger partial charge < -0.3 is 16.0 Å². The zero-order chi connectivity index (χ0) is 24.2. The quantitative estimate of drug-likeness (QED) is 0.519. The summed E-state index contributed by atoms with van der Waals surface area (Å²) in [6, 6.07) is 6.00. The van der Waals surface area contributed by atoms with Gasteiger partial charge in [0.15, 0.2) is 0 Å². The monoisotopic (exact) mass is 456 g/mol. The average molecular weight is 457 g/mol. The number of benzene rings is 1. The van der Waals surface area contributed by atoms with E-state index in [1.807, 2.05) is 6.92 Å². The minimum Gasteiger partial charge on any atom is -0.352 e. The summed E-state index contributed by atoms with van der Waals surface area (Å²) in [4.78, 5) is 51.2. The molecule has 3 N–H and O–H groups in total. The van der Waals surface area contributed by atoms with Crippen LogP contribution in [0.1, 0.15) is 76.6 Å². The van der Waals surface area contributed by atoms with E-state index in [9.17, 15) is 19.2 Å². The lowest BCUT2D eigenvalue weighted by atomic mass is 9.65. The standard InChI is InChI=1S/C25H36N4O4/c1-5-15-26-21(31)17-7-9-19(10-8-17)27-20(30)16-29-22(32)25(28-23(29)33)13-11-18(12-14-25)24(3,4)6-2/h7-10,18H,5-6,11-16H2,1-4H3,(H,26,31)(H,27,30)(H,28,33). The van der Waals surface area contributed by atoms with Crippen LogP contribution in [0.25, 0.3) is 0 Å². The van der Waals surface area contributed by atoms with Gasteiger partial charge in [-0.25, -0.2) is 4.79 Å². The SMILES string of the molecule is CCCNC(=O)c1ccc(NC(=O)CN2C(=O)NC3(CCC(C(C)(C)CC)CC3)C2=O)cc1. The molecule has 1 aliphatic carbocycles. The lowest BCUT2D eigenvalue weighted by Gasteiger charge is -2.42. The van der Waals surface area contributed by atoms with E-state index in [1.54, 1.807) is 24.3 Å². The molecular weight excluding hydrogens is 420 g/mol. The Labute approximate surface area is 195 Å². The largest absolute Gasteiger partial charge is 0.352 e. The van der Waals surface area contributed by atoms with Gasteiger partial charge in [-0.15, -0.1) is 0 Å². The van der Waals surface area contributed by atoms with Crippen LogP contribution in [0.3, 0.4) is 0 Å². The number of rotatable bonds is 8. The van der Waals surface area contributed by atoms with Gasteiger partial charge in [0.1, 0.15) is 12.1 Å². The van der Waals surface area contributed by atoms with E-state index in [-0.39, 0.29) is 23.8 Å². The maximum atomic E-state index is 13.1. The summed E-state index contributed by atoms with van der Waals surface area (Å²) in [6.07, 6.45) is 4.88. The molecule has 0 aromatic heterocycles. The fourth-order valence-electron chi connectivity index (χ4n) is 4.73. The molecule has 2 aliphatic rings. The van der Waals surface area contributed by atoms with Crippen molar-refractivity contribution in [1.29, 1.82) is 0 Å². The predicted molar refractivity (Wildman–Crippen MR) is 127 cm³/mol. The molecule has 3 rings (SSSR count). The molecule has 1 heterocycles. The lowest BCUT2D eigenvalue weighted by Crippen LogP contribution is -2.51. The Morgan fingerprint density at radius 2 is 1.76 bits per heavy atom. The van der Waals surface area contributed by atoms with Crippen molar-refractivity contribution in [1.82, 2.24) is 15.5 Å². The van der Waals surface area contributed by atoms with Gasteiger partial charge in [-0.2, -0.15) is 0 Å². The minimum absolute atomic E-state index is 0.170. The van der Waals surface area contributed by atoms with E-state index >= 15 is 0 Å². The molecule has 8 heteroatoms. The molecule has 1 saturated carbocycles. The highest BCUT2D eigenvalue weighted by Gasteiger charge is 2.53. The maximum Gasteiger partial charge on any atom is 0.325 e. The zero-order valence-electron chi connectivity index (χ0n) is 20.1. The van der Waals surface area contributed by atoms with E-state index < -0.39 is 17.5 Å². The molecule has 0 atom stereocenters. The van der Waals surface area contributed by atoms with Crippen LogP contribution < -0.4 is 16.0 Å². The molecule has 0 radical (unpaired) electrons. The molecule has 0 unspecified atom stereocenters. The first-order valence-corrected chi connectivity index (χ1v) is 11.9. The van der Waals surface area contributed by atoms with Gasteiger partial charge in [0.25, 0.3) is 11.8 Å². The van der Waals surface area contributed by atoms with Gasteiger partial charge in [-0.05, 0) is 67.7 Å². The number of carbonyl (C=O) groups excluding carboxylic acids is 4. The van der Waals surface area contributed by atoms with E-state index in [4.69, 9.17) is 0 Å². The zero-order valence-corrected chi connectivity index (χ0v) is 20.1. The molecule has 1 spiro atoms. The molecule has 1 saturated heterocycles. The third-order valence-electron chi connectivity index (χ3n) is 7.37. The van der Waals surface area contributed by atoms with Crippen molar-refractivity contribution in [3.8, 4) is 0 Å².